The van der Waals surface area contributed by atoms with Gasteiger partial charge in [0, 0.05) is 5.69 Å². The second-order valence-electron chi connectivity index (χ2n) is 3.75. The molecule has 0 unspecified atom stereocenters. The lowest BCUT2D eigenvalue weighted by Crippen LogP contribution is -2.15. The molecule has 0 saturated heterocycles. The molecule has 1 aromatic carbocycles. The summed E-state index contributed by atoms with van der Waals surface area (Å²) in [7, 11) is 1.52. The molecule has 19 heavy (non-hydrogen) atoms. The number of hydrogen-bond donors (Lipinski definition) is 2. The normalized spacial score (nSPS) is 10.0. The molecule has 0 aliphatic rings. The number of benzene rings is 1. The number of halogens is 1. The Kier molecular flexibility index (Phi) is 3.87. The fourth-order valence-corrected chi connectivity index (χ4v) is 1.68. The molecule has 0 radical (unpaired) electrons. The van der Waals surface area contributed by atoms with Crippen molar-refractivity contribution >= 4 is 29.0 Å². The molecular weight excluding hydrogens is 266 g/mol. The summed E-state index contributed by atoms with van der Waals surface area (Å²) in [5.74, 6) is 0.546. The summed E-state index contributed by atoms with van der Waals surface area (Å²) in [6.07, 6.45) is 0. The summed E-state index contributed by atoms with van der Waals surface area (Å²) < 4.78 is 5.06. The van der Waals surface area contributed by atoms with Crippen molar-refractivity contribution in [3.8, 4) is 5.75 Å². The molecular formula is C13H12ClN3O2. The lowest BCUT2D eigenvalue weighted by molar-refractivity contribution is 0.102. The summed E-state index contributed by atoms with van der Waals surface area (Å²) in [6, 6.07) is 9.81. The average molecular weight is 278 g/mol. The molecule has 0 saturated carbocycles. The smallest absolute Gasteiger partial charge is 0.259 e. The molecule has 2 aromatic rings. The standard InChI is InChI=1S/C13H12ClN3O2/c1-19-8-5-6-10(15)9(7-8)13(18)17-12-4-2-3-11(14)16-12/h2-7H,15H2,1H3,(H,16,17,18). The van der Waals surface area contributed by atoms with Gasteiger partial charge in [0.15, 0.2) is 0 Å². The van der Waals surface area contributed by atoms with Crippen LogP contribution in [0, 0.1) is 0 Å². The van der Waals surface area contributed by atoms with Crippen LogP contribution in [0.2, 0.25) is 5.15 Å². The molecule has 0 fully saturated rings. The lowest BCUT2D eigenvalue weighted by atomic mass is 10.1. The minimum atomic E-state index is -0.369. The Morgan fingerprint density at radius 2 is 2.16 bits per heavy atom. The van der Waals surface area contributed by atoms with Crippen LogP contribution < -0.4 is 15.8 Å². The minimum absolute atomic E-state index is 0.302. The van der Waals surface area contributed by atoms with E-state index >= 15 is 0 Å². The number of methoxy groups -OCH3 is 1. The average Bonchev–Trinajstić information content (AvgIpc) is 2.39. The first-order valence-electron chi connectivity index (χ1n) is 5.47. The van der Waals surface area contributed by atoms with E-state index in [1.807, 2.05) is 0 Å². The van der Waals surface area contributed by atoms with Crippen LogP contribution in [0.5, 0.6) is 5.75 Å². The third-order valence-electron chi connectivity index (χ3n) is 2.46. The Bertz CT molecular complexity index is 617. The maximum absolute atomic E-state index is 12.1. The van der Waals surface area contributed by atoms with Crippen molar-refractivity contribution in [3.63, 3.8) is 0 Å². The van der Waals surface area contributed by atoms with Gasteiger partial charge in [0.25, 0.3) is 5.91 Å². The number of nitrogens with one attached hydrogen (secondary N) is 1. The van der Waals surface area contributed by atoms with E-state index in [1.54, 1.807) is 36.4 Å². The number of carbonyl (C=O) groups excluding carboxylic acids is 1. The highest BCUT2D eigenvalue weighted by Gasteiger charge is 2.12. The van der Waals surface area contributed by atoms with Gasteiger partial charge in [0.1, 0.15) is 16.7 Å². The van der Waals surface area contributed by atoms with Crippen molar-refractivity contribution in [1.29, 1.82) is 0 Å². The molecule has 0 aliphatic carbocycles. The lowest BCUT2D eigenvalue weighted by Gasteiger charge is -2.08. The van der Waals surface area contributed by atoms with Gasteiger partial charge in [-0.15, -0.1) is 0 Å². The first-order chi connectivity index (χ1) is 9.10. The van der Waals surface area contributed by atoms with Gasteiger partial charge in [0.05, 0.1) is 12.7 Å². The van der Waals surface area contributed by atoms with Crippen LogP contribution in [0.25, 0.3) is 0 Å². The highest BCUT2D eigenvalue weighted by molar-refractivity contribution is 6.29. The van der Waals surface area contributed by atoms with Crippen LogP contribution in [0.15, 0.2) is 36.4 Å². The van der Waals surface area contributed by atoms with Crippen molar-refractivity contribution in [2.45, 2.75) is 0 Å². The van der Waals surface area contributed by atoms with Gasteiger partial charge in [0.2, 0.25) is 0 Å². The molecule has 6 heteroatoms. The van der Waals surface area contributed by atoms with Crippen LogP contribution >= 0.6 is 11.6 Å². The molecule has 1 aromatic heterocycles. The van der Waals surface area contributed by atoms with Gasteiger partial charge >= 0.3 is 0 Å². The first-order valence-corrected chi connectivity index (χ1v) is 5.85. The monoisotopic (exact) mass is 277 g/mol. The van der Waals surface area contributed by atoms with Gasteiger partial charge in [-0.25, -0.2) is 4.98 Å². The van der Waals surface area contributed by atoms with Crippen molar-refractivity contribution in [2.75, 3.05) is 18.2 Å². The van der Waals surface area contributed by atoms with E-state index in [9.17, 15) is 4.79 Å². The predicted octanol–water partition coefficient (Wildman–Crippen LogP) is 2.58. The number of rotatable bonds is 3. The number of nitrogen functional groups attached to an aromatic ring is 1. The van der Waals surface area contributed by atoms with Crippen molar-refractivity contribution < 1.29 is 9.53 Å². The zero-order chi connectivity index (χ0) is 13.8. The van der Waals surface area contributed by atoms with E-state index in [0.29, 0.717) is 28.0 Å². The maximum atomic E-state index is 12.1. The Hall–Kier alpha value is -2.27. The summed E-state index contributed by atoms with van der Waals surface area (Å²) in [5, 5.41) is 2.92. The molecule has 98 valence electrons. The second kappa shape index (κ2) is 5.58. The number of nitrogens with two attached hydrogens (primary N) is 1. The molecule has 0 bridgehead atoms. The van der Waals surface area contributed by atoms with Gasteiger partial charge in [-0.2, -0.15) is 0 Å². The topological polar surface area (TPSA) is 77.2 Å². The van der Waals surface area contributed by atoms with Crippen molar-refractivity contribution in [3.05, 3.63) is 47.1 Å². The number of aromatic nitrogens is 1. The summed E-state index contributed by atoms with van der Waals surface area (Å²) in [6.45, 7) is 0. The molecule has 1 amide bonds. The SMILES string of the molecule is COc1ccc(N)c(C(=O)Nc2cccc(Cl)n2)c1. The quantitative estimate of drug-likeness (QED) is 0.668. The van der Waals surface area contributed by atoms with Gasteiger partial charge in [-0.1, -0.05) is 17.7 Å². The van der Waals surface area contributed by atoms with Crippen LogP contribution in [0.1, 0.15) is 10.4 Å². The second-order valence-corrected chi connectivity index (χ2v) is 4.14. The molecule has 0 spiro atoms. The fourth-order valence-electron chi connectivity index (χ4n) is 1.52. The van der Waals surface area contributed by atoms with Crippen LogP contribution in [0.3, 0.4) is 0 Å². The van der Waals surface area contributed by atoms with E-state index in [2.05, 4.69) is 10.3 Å². The fraction of sp³-hybridized carbons (Fsp3) is 0.0769. The number of ether oxygens (including phenoxy) is 1. The third-order valence-corrected chi connectivity index (χ3v) is 2.67. The van der Waals surface area contributed by atoms with E-state index < -0.39 is 0 Å². The predicted molar refractivity (Wildman–Crippen MR) is 74.6 cm³/mol. The number of anilines is 2. The largest absolute Gasteiger partial charge is 0.497 e. The minimum Gasteiger partial charge on any atom is -0.497 e. The maximum Gasteiger partial charge on any atom is 0.259 e. The zero-order valence-corrected chi connectivity index (χ0v) is 10.9. The molecule has 0 aliphatic heterocycles. The third kappa shape index (κ3) is 3.14. The molecule has 2 rings (SSSR count). The van der Waals surface area contributed by atoms with E-state index in [4.69, 9.17) is 22.1 Å². The van der Waals surface area contributed by atoms with Crippen LogP contribution in [-0.4, -0.2) is 18.0 Å². The molecule has 0 atom stereocenters. The number of hydrogen-bond acceptors (Lipinski definition) is 4. The molecule has 5 nitrogen and oxygen atoms in total. The van der Waals surface area contributed by atoms with Crippen LogP contribution in [0.4, 0.5) is 11.5 Å². The highest BCUT2D eigenvalue weighted by Crippen LogP contribution is 2.20. The zero-order valence-electron chi connectivity index (χ0n) is 10.2. The van der Waals surface area contributed by atoms with Crippen LogP contribution in [-0.2, 0) is 0 Å². The summed E-state index contributed by atoms with van der Waals surface area (Å²) in [5.41, 5.74) is 6.45. The number of carbonyl (C=O) groups is 1. The number of pyridine rings is 1. The summed E-state index contributed by atoms with van der Waals surface area (Å²) in [4.78, 5) is 16.1. The van der Waals surface area contributed by atoms with E-state index in [0.717, 1.165) is 0 Å². The van der Waals surface area contributed by atoms with E-state index in [1.165, 1.54) is 7.11 Å². The highest BCUT2D eigenvalue weighted by atomic mass is 35.5. The van der Waals surface area contributed by atoms with Crippen molar-refractivity contribution in [1.82, 2.24) is 4.98 Å². The molecule has 3 N–H and O–H groups in total. The van der Waals surface area contributed by atoms with E-state index in [-0.39, 0.29) is 5.91 Å². The Balaban J connectivity index is 2.25. The van der Waals surface area contributed by atoms with Gasteiger partial charge in [-0.05, 0) is 30.3 Å². The first kappa shape index (κ1) is 13.2. The van der Waals surface area contributed by atoms with Gasteiger partial charge < -0.3 is 15.8 Å². The molecule has 1 heterocycles. The van der Waals surface area contributed by atoms with Crippen molar-refractivity contribution in [2.24, 2.45) is 0 Å². The van der Waals surface area contributed by atoms with Gasteiger partial charge in [-0.3, -0.25) is 4.79 Å². The number of amides is 1. The Labute approximate surface area is 115 Å². The number of nitrogens with zero attached hydrogens (tertiary/aromatic N) is 1. The summed E-state index contributed by atoms with van der Waals surface area (Å²) >= 11 is 5.75. The Morgan fingerprint density at radius 1 is 1.37 bits per heavy atom. The Morgan fingerprint density at radius 3 is 2.84 bits per heavy atom.